The van der Waals surface area contributed by atoms with Crippen LogP contribution in [0.25, 0.3) is 0 Å². The summed E-state index contributed by atoms with van der Waals surface area (Å²) in [6, 6.07) is 0. The van der Waals surface area contributed by atoms with Gasteiger partial charge in [0.05, 0.1) is 0 Å². The van der Waals surface area contributed by atoms with Crippen LogP contribution >= 0.6 is 0 Å². The van der Waals surface area contributed by atoms with Crippen LogP contribution < -0.4 is 11.1 Å². The van der Waals surface area contributed by atoms with Gasteiger partial charge in [-0.1, -0.05) is 6.08 Å². The predicted octanol–water partition coefficient (Wildman–Crippen LogP) is 0.540. The van der Waals surface area contributed by atoms with Gasteiger partial charge in [0.2, 0.25) is 0 Å². The molecule has 3 N–H and O–H groups in total. The van der Waals surface area contributed by atoms with E-state index < -0.39 is 0 Å². The standard InChI is InChI=1S/C5H10N2/c1-2-4-7-5-3-6/h2-5,7H,6H2,1H3/b4-2+,5-3-. The van der Waals surface area contributed by atoms with Crippen LogP contribution in [0, 0.1) is 0 Å². The van der Waals surface area contributed by atoms with Crippen molar-refractivity contribution in [3.8, 4) is 0 Å². The fourth-order valence-electron chi connectivity index (χ4n) is 0.207. The first-order valence-corrected chi connectivity index (χ1v) is 2.15. The predicted molar refractivity (Wildman–Crippen MR) is 31.3 cm³/mol. The summed E-state index contributed by atoms with van der Waals surface area (Å²) in [7, 11) is 0. The summed E-state index contributed by atoms with van der Waals surface area (Å²) in [6.45, 7) is 1.93. The fourth-order valence-corrected chi connectivity index (χ4v) is 0.207. The minimum atomic E-state index is 1.44. The maximum Gasteiger partial charge on any atom is 0.0161 e. The molecular formula is C5H10N2. The first-order chi connectivity index (χ1) is 3.41. The first-order valence-electron chi connectivity index (χ1n) is 2.15. The lowest BCUT2D eigenvalue weighted by Gasteiger charge is -1.81. The van der Waals surface area contributed by atoms with E-state index in [9.17, 15) is 0 Å². The van der Waals surface area contributed by atoms with Gasteiger partial charge < -0.3 is 11.1 Å². The monoisotopic (exact) mass is 98.1 g/mol. The van der Waals surface area contributed by atoms with E-state index >= 15 is 0 Å². The minimum Gasteiger partial charge on any atom is -0.403 e. The molecule has 0 rings (SSSR count). The molecule has 0 amide bonds. The van der Waals surface area contributed by atoms with Gasteiger partial charge in [0.1, 0.15) is 0 Å². The van der Waals surface area contributed by atoms with Crippen molar-refractivity contribution in [3.05, 3.63) is 24.7 Å². The maximum absolute atomic E-state index is 4.99. The lowest BCUT2D eigenvalue weighted by Crippen LogP contribution is -1.92. The van der Waals surface area contributed by atoms with Crippen molar-refractivity contribution in [2.75, 3.05) is 0 Å². The van der Waals surface area contributed by atoms with Crippen LogP contribution in [0.2, 0.25) is 0 Å². The highest BCUT2D eigenvalue weighted by atomic mass is 14.8. The van der Waals surface area contributed by atoms with E-state index in [1.54, 1.807) is 12.4 Å². The molecule has 0 unspecified atom stereocenters. The van der Waals surface area contributed by atoms with Gasteiger partial charge in [-0.25, -0.2) is 0 Å². The van der Waals surface area contributed by atoms with Gasteiger partial charge in [0.25, 0.3) is 0 Å². The highest BCUT2D eigenvalue weighted by Gasteiger charge is 1.55. The molecule has 0 aliphatic heterocycles. The van der Waals surface area contributed by atoms with Crippen molar-refractivity contribution < 1.29 is 0 Å². The van der Waals surface area contributed by atoms with Gasteiger partial charge in [-0.15, -0.1) is 0 Å². The molecule has 40 valence electrons. The summed E-state index contributed by atoms with van der Waals surface area (Å²) in [4.78, 5) is 0. The molecule has 0 atom stereocenters. The van der Waals surface area contributed by atoms with Crippen LogP contribution in [0.4, 0.5) is 0 Å². The Morgan fingerprint density at radius 2 is 2.14 bits per heavy atom. The van der Waals surface area contributed by atoms with Gasteiger partial charge in [-0.05, 0) is 13.1 Å². The fraction of sp³-hybridized carbons (Fsp3) is 0.200. The van der Waals surface area contributed by atoms with Crippen molar-refractivity contribution in [2.45, 2.75) is 6.92 Å². The van der Waals surface area contributed by atoms with Gasteiger partial charge in [-0.2, -0.15) is 0 Å². The number of rotatable bonds is 2. The Morgan fingerprint density at radius 3 is 2.57 bits per heavy atom. The molecule has 0 spiro atoms. The van der Waals surface area contributed by atoms with Crippen LogP contribution in [0.5, 0.6) is 0 Å². The Bertz CT molecular complexity index is 64.1. The number of nitrogens with one attached hydrogen (secondary N) is 1. The molecule has 2 nitrogen and oxygen atoms in total. The van der Waals surface area contributed by atoms with Crippen LogP contribution in [-0.4, -0.2) is 0 Å². The summed E-state index contributed by atoms with van der Waals surface area (Å²) in [5.74, 6) is 0. The van der Waals surface area contributed by atoms with E-state index in [2.05, 4.69) is 5.32 Å². The lowest BCUT2D eigenvalue weighted by atomic mass is 10.7. The van der Waals surface area contributed by atoms with Crippen molar-refractivity contribution in [1.82, 2.24) is 5.32 Å². The Hall–Kier alpha value is -0.920. The number of nitrogens with two attached hydrogens (primary N) is 1. The van der Waals surface area contributed by atoms with Crippen molar-refractivity contribution in [3.63, 3.8) is 0 Å². The zero-order chi connectivity index (χ0) is 5.54. The Morgan fingerprint density at radius 1 is 1.43 bits per heavy atom. The zero-order valence-corrected chi connectivity index (χ0v) is 4.39. The highest BCUT2D eigenvalue weighted by molar-refractivity contribution is 4.83. The van der Waals surface area contributed by atoms with E-state index in [0.29, 0.717) is 0 Å². The van der Waals surface area contributed by atoms with Crippen LogP contribution in [-0.2, 0) is 0 Å². The van der Waals surface area contributed by atoms with Gasteiger partial charge in [-0.3, -0.25) is 0 Å². The molecular weight excluding hydrogens is 88.1 g/mol. The van der Waals surface area contributed by atoms with E-state index in [1.807, 2.05) is 13.0 Å². The van der Waals surface area contributed by atoms with Gasteiger partial charge in [0, 0.05) is 12.4 Å². The quantitative estimate of drug-likeness (QED) is 0.529. The summed E-state index contributed by atoms with van der Waals surface area (Å²) in [5.41, 5.74) is 4.99. The molecule has 7 heavy (non-hydrogen) atoms. The second-order valence-corrected chi connectivity index (χ2v) is 1.03. The number of hydrogen-bond donors (Lipinski definition) is 2. The van der Waals surface area contributed by atoms with Crippen LogP contribution in [0.15, 0.2) is 24.7 Å². The normalized spacial score (nSPS) is 11.0. The third kappa shape index (κ3) is 5.08. The second-order valence-electron chi connectivity index (χ2n) is 1.03. The van der Waals surface area contributed by atoms with E-state index in [1.165, 1.54) is 6.20 Å². The first kappa shape index (κ1) is 6.08. The van der Waals surface area contributed by atoms with Gasteiger partial charge in [0.15, 0.2) is 0 Å². The third-order valence-corrected chi connectivity index (χ3v) is 0.455. The Kier molecular flexibility index (Phi) is 4.41. The molecule has 2 heteroatoms. The molecule has 0 aromatic heterocycles. The van der Waals surface area contributed by atoms with Crippen molar-refractivity contribution in [2.24, 2.45) is 5.73 Å². The third-order valence-electron chi connectivity index (χ3n) is 0.455. The molecule has 0 aromatic carbocycles. The molecule has 0 saturated carbocycles. The summed E-state index contributed by atoms with van der Waals surface area (Å²) in [6.07, 6.45) is 6.78. The zero-order valence-electron chi connectivity index (χ0n) is 4.39. The van der Waals surface area contributed by atoms with Crippen LogP contribution in [0.3, 0.4) is 0 Å². The lowest BCUT2D eigenvalue weighted by molar-refractivity contribution is 1.18. The average molecular weight is 98.1 g/mol. The van der Waals surface area contributed by atoms with Gasteiger partial charge >= 0.3 is 0 Å². The Balaban J connectivity index is 2.98. The molecule has 0 radical (unpaired) electrons. The summed E-state index contributed by atoms with van der Waals surface area (Å²) >= 11 is 0. The Labute approximate surface area is 43.7 Å². The van der Waals surface area contributed by atoms with E-state index in [0.717, 1.165) is 0 Å². The smallest absolute Gasteiger partial charge is 0.0161 e. The van der Waals surface area contributed by atoms with Crippen molar-refractivity contribution in [1.29, 1.82) is 0 Å². The van der Waals surface area contributed by atoms with E-state index in [4.69, 9.17) is 5.73 Å². The molecule has 0 heterocycles. The summed E-state index contributed by atoms with van der Waals surface area (Å²) in [5, 5.41) is 2.80. The SMILES string of the molecule is C/C=C/N/C=C\N. The average Bonchev–Trinajstić information content (AvgIpc) is 1.69. The topological polar surface area (TPSA) is 38.0 Å². The number of hydrogen-bond acceptors (Lipinski definition) is 2. The molecule has 0 saturated heterocycles. The molecule has 0 bridgehead atoms. The largest absolute Gasteiger partial charge is 0.403 e. The van der Waals surface area contributed by atoms with Crippen LogP contribution in [0.1, 0.15) is 6.92 Å². The number of allylic oxidation sites excluding steroid dienone is 1. The second kappa shape index (κ2) is 5.08. The van der Waals surface area contributed by atoms with Crippen molar-refractivity contribution >= 4 is 0 Å². The molecule has 0 fully saturated rings. The highest BCUT2D eigenvalue weighted by Crippen LogP contribution is 1.60. The minimum absolute atomic E-state index is 1.44. The molecule has 0 aliphatic carbocycles. The van der Waals surface area contributed by atoms with E-state index in [-0.39, 0.29) is 0 Å². The maximum atomic E-state index is 4.99. The molecule has 0 aliphatic rings. The molecule has 0 aromatic rings. The summed E-state index contributed by atoms with van der Waals surface area (Å²) < 4.78 is 0.